The van der Waals surface area contributed by atoms with Gasteiger partial charge in [0.2, 0.25) is 0 Å². The molecular weight excluding hydrogens is 745 g/mol. The van der Waals surface area contributed by atoms with Gasteiger partial charge in [0.15, 0.2) is 6.10 Å². The maximum absolute atomic E-state index is 12.8. The van der Waals surface area contributed by atoms with Crippen molar-refractivity contribution in [1.82, 2.24) is 0 Å². The standard InChI is InChI=1S/C54H88O6/c1-4-7-10-13-16-19-22-24-26-27-28-30-32-35-38-41-44-47-53(56)59-50-51(49-58-52(55)46-43-40-37-34-31-21-18-15-12-9-6-3)60-54(57)48-45-42-39-36-33-29-25-23-20-17-14-11-8-5-2/h7,10,13,15-16,18-19,21-22,24,26-28,30-32,51H,4-6,8-9,11-12,14,17,20,23,25,29,33-50H2,1-3H3/b10-7-,16-13-,18-15-,22-19-,26-24-,28-27+,31-21-,32-30-. The summed E-state index contributed by atoms with van der Waals surface area (Å²) in [5, 5.41) is 0. The van der Waals surface area contributed by atoms with Gasteiger partial charge in [0, 0.05) is 19.3 Å². The van der Waals surface area contributed by atoms with Crippen LogP contribution < -0.4 is 0 Å². The van der Waals surface area contributed by atoms with Gasteiger partial charge in [0.05, 0.1) is 0 Å². The lowest BCUT2D eigenvalue weighted by Gasteiger charge is -2.18. The smallest absolute Gasteiger partial charge is 0.306 e. The lowest BCUT2D eigenvalue weighted by Crippen LogP contribution is -2.30. The van der Waals surface area contributed by atoms with Gasteiger partial charge < -0.3 is 14.2 Å². The van der Waals surface area contributed by atoms with Crippen molar-refractivity contribution in [2.24, 2.45) is 0 Å². The topological polar surface area (TPSA) is 78.9 Å². The van der Waals surface area contributed by atoms with E-state index in [1.54, 1.807) is 0 Å². The van der Waals surface area contributed by atoms with Crippen LogP contribution in [0.1, 0.15) is 207 Å². The van der Waals surface area contributed by atoms with Crippen molar-refractivity contribution in [3.05, 3.63) is 97.2 Å². The first-order valence-electron chi connectivity index (χ1n) is 24.3. The van der Waals surface area contributed by atoms with Crippen LogP contribution in [0.25, 0.3) is 0 Å². The Morgan fingerprint density at radius 2 is 0.667 bits per heavy atom. The van der Waals surface area contributed by atoms with Crippen LogP contribution >= 0.6 is 0 Å². The average molecular weight is 833 g/mol. The lowest BCUT2D eigenvalue weighted by atomic mass is 10.0. The molecule has 0 saturated heterocycles. The highest BCUT2D eigenvalue weighted by Crippen LogP contribution is 2.14. The Bertz CT molecular complexity index is 1230. The van der Waals surface area contributed by atoms with Crippen molar-refractivity contribution >= 4 is 17.9 Å². The Hall–Kier alpha value is -3.67. The van der Waals surface area contributed by atoms with Gasteiger partial charge in [0.1, 0.15) is 13.2 Å². The first kappa shape index (κ1) is 56.3. The highest BCUT2D eigenvalue weighted by molar-refractivity contribution is 5.71. The number of allylic oxidation sites excluding steroid dienone is 16. The molecule has 0 rings (SSSR count). The minimum absolute atomic E-state index is 0.106. The van der Waals surface area contributed by atoms with Crippen LogP contribution in [0, 0.1) is 0 Å². The third kappa shape index (κ3) is 45.4. The molecule has 0 radical (unpaired) electrons. The third-order valence-corrected chi connectivity index (χ3v) is 10.0. The van der Waals surface area contributed by atoms with Gasteiger partial charge in [-0.25, -0.2) is 0 Å². The van der Waals surface area contributed by atoms with Crippen LogP contribution in [0.2, 0.25) is 0 Å². The number of rotatable bonds is 42. The van der Waals surface area contributed by atoms with Gasteiger partial charge in [0.25, 0.3) is 0 Å². The molecule has 0 aromatic heterocycles. The van der Waals surface area contributed by atoms with E-state index >= 15 is 0 Å². The second-order valence-electron chi connectivity index (χ2n) is 15.8. The molecule has 1 unspecified atom stereocenters. The zero-order valence-electron chi connectivity index (χ0n) is 38.7. The van der Waals surface area contributed by atoms with E-state index < -0.39 is 6.10 Å². The lowest BCUT2D eigenvalue weighted by molar-refractivity contribution is -0.167. The molecule has 0 fully saturated rings. The van der Waals surface area contributed by atoms with Gasteiger partial charge in [-0.1, -0.05) is 227 Å². The Balaban J connectivity index is 4.51. The molecule has 0 aromatic carbocycles. The van der Waals surface area contributed by atoms with E-state index in [0.29, 0.717) is 19.3 Å². The van der Waals surface area contributed by atoms with Gasteiger partial charge in [-0.05, 0) is 57.8 Å². The number of unbranched alkanes of at least 4 members (excludes halogenated alkanes) is 21. The van der Waals surface area contributed by atoms with E-state index in [2.05, 4.69) is 57.2 Å². The molecule has 0 spiro atoms. The van der Waals surface area contributed by atoms with E-state index in [0.717, 1.165) is 83.5 Å². The molecule has 0 bridgehead atoms. The molecule has 340 valence electrons. The normalized spacial score (nSPS) is 12.9. The molecule has 0 amide bonds. The monoisotopic (exact) mass is 833 g/mol. The van der Waals surface area contributed by atoms with Crippen molar-refractivity contribution < 1.29 is 28.6 Å². The molecule has 0 saturated carbocycles. The van der Waals surface area contributed by atoms with Crippen LogP contribution in [0.4, 0.5) is 0 Å². The van der Waals surface area contributed by atoms with Crippen molar-refractivity contribution in [3.63, 3.8) is 0 Å². The molecule has 0 N–H and O–H groups in total. The minimum Gasteiger partial charge on any atom is -0.462 e. The second kappa shape index (κ2) is 48.0. The fraction of sp³-hybridized carbons (Fsp3) is 0.648. The van der Waals surface area contributed by atoms with E-state index in [9.17, 15) is 14.4 Å². The van der Waals surface area contributed by atoms with Gasteiger partial charge in [-0.3, -0.25) is 14.4 Å². The summed E-state index contributed by atoms with van der Waals surface area (Å²) in [5.74, 6) is -0.980. The highest BCUT2D eigenvalue weighted by atomic mass is 16.6. The molecule has 0 aliphatic heterocycles. The van der Waals surface area contributed by atoms with Crippen molar-refractivity contribution in [1.29, 1.82) is 0 Å². The number of carbonyl (C=O) groups is 3. The van der Waals surface area contributed by atoms with Crippen molar-refractivity contribution in [2.75, 3.05) is 13.2 Å². The second-order valence-corrected chi connectivity index (χ2v) is 15.8. The maximum Gasteiger partial charge on any atom is 0.306 e. The Morgan fingerprint density at radius 3 is 1.08 bits per heavy atom. The first-order chi connectivity index (χ1) is 29.5. The van der Waals surface area contributed by atoms with Crippen LogP contribution in [-0.4, -0.2) is 37.2 Å². The first-order valence-corrected chi connectivity index (χ1v) is 24.3. The van der Waals surface area contributed by atoms with Crippen molar-refractivity contribution in [2.45, 2.75) is 213 Å². The van der Waals surface area contributed by atoms with Crippen LogP contribution in [0.15, 0.2) is 97.2 Å². The summed E-state index contributed by atoms with van der Waals surface area (Å²) in [6.07, 6.45) is 62.4. The summed E-state index contributed by atoms with van der Waals surface area (Å²) >= 11 is 0. The van der Waals surface area contributed by atoms with Gasteiger partial charge in [-0.2, -0.15) is 0 Å². The summed E-state index contributed by atoms with van der Waals surface area (Å²) in [6.45, 7) is 6.36. The van der Waals surface area contributed by atoms with Gasteiger partial charge >= 0.3 is 17.9 Å². The highest BCUT2D eigenvalue weighted by Gasteiger charge is 2.19. The molecule has 0 heterocycles. The zero-order valence-corrected chi connectivity index (χ0v) is 38.7. The Kier molecular flexibility index (Phi) is 45.1. The van der Waals surface area contributed by atoms with Crippen LogP contribution in [-0.2, 0) is 28.6 Å². The largest absolute Gasteiger partial charge is 0.462 e. The molecule has 0 aromatic rings. The van der Waals surface area contributed by atoms with E-state index in [-0.39, 0.29) is 31.1 Å². The zero-order chi connectivity index (χ0) is 43.7. The minimum atomic E-state index is -0.804. The Labute approximate surface area is 368 Å². The summed E-state index contributed by atoms with van der Waals surface area (Å²) in [7, 11) is 0. The average Bonchev–Trinajstić information content (AvgIpc) is 3.24. The Morgan fingerprint density at radius 1 is 0.350 bits per heavy atom. The molecule has 1 atom stereocenters. The number of hydrogen-bond donors (Lipinski definition) is 0. The van der Waals surface area contributed by atoms with E-state index in [1.165, 1.54) is 83.5 Å². The predicted octanol–water partition coefficient (Wildman–Crippen LogP) is 15.8. The van der Waals surface area contributed by atoms with Crippen LogP contribution in [0.5, 0.6) is 0 Å². The number of ether oxygens (including phenoxy) is 3. The quantitative estimate of drug-likeness (QED) is 0.0264. The maximum atomic E-state index is 12.8. The predicted molar refractivity (Wildman–Crippen MR) is 256 cm³/mol. The molecular formula is C54H88O6. The number of hydrogen-bond acceptors (Lipinski definition) is 6. The SMILES string of the molecule is CC\C=C/C=C\C=C/C=C\C=C\C=C/CCCCCC(=O)OCC(COC(=O)CCCCC/C=C\C=C/CCCC)OC(=O)CCCCCCCCCCCCCCCC. The fourth-order valence-electron chi connectivity index (χ4n) is 6.33. The summed E-state index contributed by atoms with van der Waals surface area (Å²) in [5.41, 5.74) is 0. The molecule has 6 nitrogen and oxygen atoms in total. The molecule has 0 aliphatic carbocycles. The summed E-state index contributed by atoms with van der Waals surface area (Å²) in [4.78, 5) is 37.8. The van der Waals surface area contributed by atoms with Crippen molar-refractivity contribution in [3.8, 4) is 0 Å². The fourth-order valence-corrected chi connectivity index (χ4v) is 6.33. The van der Waals surface area contributed by atoms with E-state index in [4.69, 9.17) is 14.2 Å². The number of esters is 3. The number of carbonyl (C=O) groups excluding carboxylic acids is 3. The van der Waals surface area contributed by atoms with E-state index in [1.807, 2.05) is 60.8 Å². The molecule has 0 aliphatic rings. The molecule has 60 heavy (non-hydrogen) atoms. The van der Waals surface area contributed by atoms with Gasteiger partial charge in [-0.15, -0.1) is 0 Å². The molecule has 6 heteroatoms. The third-order valence-electron chi connectivity index (χ3n) is 10.0. The summed E-state index contributed by atoms with van der Waals surface area (Å²) < 4.78 is 16.7. The summed E-state index contributed by atoms with van der Waals surface area (Å²) in [6, 6.07) is 0. The van der Waals surface area contributed by atoms with Crippen LogP contribution in [0.3, 0.4) is 0 Å².